The predicted molar refractivity (Wildman–Crippen MR) is 180 cm³/mol. The summed E-state index contributed by atoms with van der Waals surface area (Å²) in [5.41, 5.74) is 0. The van der Waals surface area contributed by atoms with Crippen LogP contribution >= 0.6 is 0 Å². The Morgan fingerprint density at radius 2 is 1.00 bits per heavy atom. The van der Waals surface area contributed by atoms with Crippen LogP contribution in [0.2, 0.25) is 90.1 Å². The second kappa shape index (κ2) is 16.0. The van der Waals surface area contributed by atoms with Crippen molar-refractivity contribution in [2.75, 3.05) is 6.23 Å². The Kier molecular flexibility index (Phi) is 16.1. The maximum Gasteiger partial charge on any atom is 0.329 e. The number of ether oxygens (including phenoxy) is 1. The van der Waals surface area contributed by atoms with E-state index in [2.05, 4.69) is 60.1 Å². The molecule has 1 N–H and O–H groups in total. The van der Waals surface area contributed by atoms with Crippen molar-refractivity contribution >= 4 is 65.7 Å². The zero-order chi connectivity index (χ0) is 31.7. The molecule has 0 amide bonds. The van der Waals surface area contributed by atoms with Crippen molar-refractivity contribution in [3.8, 4) is 0 Å². The molecule has 0 spiro atoms. The third-order valence-electron chi connectivity index (χ3n) is 5.65. The molecule has 0 radical (unpaired) electrons. The highest BCUT2D eigenvalue weighted by Crippen LogP contribution is 2.34. The van der Waals surface area contributed by atoms with Gasteiger partial charge < -0.3 is 34.2 Å². The third-order valence-corrected chi connectivity index (χ3v) is 33.1. The van der Waals surface area contributed by atoms with Crippen LogP contribution in [0.4, 0.5) is 0 Å². The van der Waals surface area contributed by atoms with Gasteiger partial charge in [0.2, 0.25) is 8.32 Å². The van der Waals surface area contributed by atoms with E-state index in [9.17, 15) is 9.59 Å². The van der Waals surface area contributed by atoms with Crippen molar-refractivity contribution in [1.82, 2.24) is 0 Å². The SMILES string of the molecule is C=CC(=O)OC[Si](C)(C)O[Si](C)(CCC)O[Si](C)(CCC)O[Si](C)(CCC)O[Si](C)(C)O[Si](C)(C)O[Si](C)(C)O. The van der Waals surface area contributed by atoms with E-state index < -0.39 is 65.7 Å². The zero-order valence-electron chi connectivity index (χ0n) is 27.9. The summed E-state index contributed by atoms with van der Waals surface area (Å²) in [6.45, 7) is 32.0. The predicted octanol–water partition coefficient (Wildman–Crippen LogP) is 7.10. The molecule has 0 fully saturated rings. The Morgan fingerprint density at radius 3 is 1.38 bits per heavy atom. The van der Waals surface area contributed by atoms with Gasteiger partial charge in [0.15, 0.2) is 0 Å². The number of carbonyl (C=O) groups excluding carboxylic acids is 1. The number of esters is 1. The topological polar surface area (TPSA) is 102 Å². The highest BCUT2D eigenvalue weighted by molar-refractivity contribution is 6.92. The quantitative estimate of drug-likeness (QED) is 0.0769. The van der Waals surface area contributed by atoms with Gasteiger partial charge in [0.25, 0.3) is 0 Å². The van der Waals surface area contributed by atoms with Gasteiger partial charge in [-0.1, -0.05) is 46.6 Å². The van der Waals surface area contributed by atoms with Crippen molar-refractivity contribution in [2.45, 2.75) is 130 Å². The molecule has 16 heteroatoms. The summed E-state index contributed by atoms with van der Waals surface area (Å²) >= 11 is 0. The molecule has 3 unspecified atom stereocenters. The molecule has 0 bridgehead atoms. The Bertz CT molecular complexity index is 810. The van der Waals surface area contributed by atoms with Gasteiger partial charge in [-0.05, 0) is 90.1 Å². The van der Waals surface area contributed by atoms with Crippen LogP contribution in [0, 0.1) is 0 Å². The molecule has 0 aromatic heterocycles. The van der Waals surface area contributed by atoms with Crippen molar-refractivity contribution in [3.63, 3.8) is 0 Å². The maximum atomic E-state index is 11.7. The van der Waals surface area contributed by atoms with Crippen molar-refractivity contribution in [3.05, 3.63) is 12.7 Å². The van der Waals surface area contributed by atoms with Crippen molar-refractivity contribution in [2.24, 2.45) is 0 Å². The molecule has 0 aliphatic heterocycles. The van der Waals surface area contributed by atoms with Crippen LogP contribution in [0.3, 0.4) is 0 Å². The second-order valence-corrected chi connectivity index (χ2v) is 38.6. The second-order valence-electron chi connectivity index (χ2n) is 13.1. The smallest absolute Gasteiger partial charge is 0.329 e. The molecule has 0 aliphatic carbocycles. The van der Waals surface area contributed by atoms with Gasteiger partial charge in [0.05, 0.1) is 0 Å². The van der Waals surface area contributed by atoms with Gasteiger partial charge in [0, 0.05) is 6.08 Å². The van der Waals surface area contributed by atoms with E-state index >= 15 is 0 Å². The molecule has 0 aromatic carbocycles. The lowest BCUT2D eigenvalue weighted by Crippen LogP contribution is -2.63. The summed E-state index contributed by atoms with van der Waals surface area (Å²) in [5, 5.41) is 0. The maximum absolute atomic E-state index is 11.7. The first-order chi connectivity index (χ1) is 17.9. The lowest BCUT2D eigenvalue weighted by molar-refractivity contribution is -0.136. The standard InChI is InChI=1S/C24H60O9Si7/c1-16-20-38(13,28-34(5,6)23-27-24(25)19-4)32-40(15,22-18-3)33-39(14,21-17-2)31-37(11,12)30-36(9,10)29-35(7,8)26/h19,26H,4,16-18,20-23H2,1-3,5-15H3. The van der Waals surface area contributed by atoms with Crippen LogP contribution in [0.15, 0.2) is 12.7 Å². The van der Waals surface area contributed by atoms with Gasteiger partial charge in [0.1, 0.15) is 6.23 Å². The van der Waals surface area contributed by atoms with Gasteiger partial charge in [-0.25, -0.2) is 4.79 Å². The van der Waals surface area contributed by atoms with E-state index in [1.54, 1.807) is 13.1 Å². The van der Waals surface area contributed by atoms with E-state index in [0.717, 1.165) is 37.4 Å². The molecule has 0 saturated carbocycles. The largest absolute Gasteiger partial charge is 0.463 e. The van der Waals surface area contributed by atoms with Gasteiger partial charge >= 0.3 is 57.3 Å². The molecule has 0 rings (SSSR count). The lowest BCUT2D eigenvalue weighted by Gasteiger charge is -2.46. The Labute approximate surface area is 252 Å². The van der Waals surface area contributed by atoms with E-state index in [-0.39, 0.29) is 6.23 Å². The highest BCUT2D eigenvalue weighted by Gasteiger charge is 2.52. The first-order valence-corrected chi connectivity index (χ1v) is 33.8. The van der Waals surface area contributed by atoms with Gasteiger partial charge in [-0.2, -0.15) is 0 Å². The molecule has 0 aromatic rings. The summed E-state index contributed by atoms with van der Waals surface area (Å²) in [5.74, 6) is -0.438. The van der Waals surface area contributed by atoms with Crippen LogP contribution in [-0.4, -0.2) is 76.7 Å². The zero-order valence-corrected chi connectivity index (χ0v) is 34.9. The van der Waals surface area contributed by atoms with E-state index in [4.69, 9.17) is 29.4 Å². The third kappa shape index (κ3) is 16.9. The molecule has 0 heterocycles. The Morgan fingerprint density at radius 1 is 0.625 bits per heavy atom. The fourth-order valence-electron chi connectivity index (χ4n) is 5.32. The fourth-order valence-corrected chi connectivity index (χ4v) is 39.6. The lowest BCUT2D eigenvalue weighted by atomic mass is 10.6. The average Bonchev–Trinajstić information content (AvgIpc) is 2.67. The molecule has 3 atom stereocenters. The molecule has 40 heavy (non-hydrogen) atoms. The van der Waals surface area contributed by atoms with Crippen LogP contribution in [0.1, 0.15) is 40.0 Å². The monoisotopic (exact) mass is 688 g/mol. The molecular weight excluding hydrogens is 629 g/mol. The summed E-state index contributed by atoms with van der Waals surface area (Å²) in [4.78, 5) is 22.1. The summed E-state index contributed by atoms with van der Waals surface area (Å²) in [6, 6.07) is 2.46. The number of hydrogen-bond acceptors (Lipinski definition) is 9. The Hall–Kier alpha value is 0.448. The van der Waals surface area contributed by atoms with Crippen LogP contribution in [0.25, 0.3) is 0 Å². The van der Waals surface area contributed by atoms with Gasteiger partial charge in [-0.15, -0.1) is 0 Å². The number of hydrogen-bond donors (Lipinski definition) is 1. The van der Waals surface area contributed by atoms with E-state index in [0.29, 0.717) is 0 Å². The summed E-state index contributed by atoms with van der Waals surface area (Å²) < 4.78 is 45.9. The van der Waals surface area contributed by atoms with Crippen LogP contribution in [0.5, 0.6) is 0 Å². The average molecular weight is 689 g/mol. The first kappa shape index (κ1) is 40.4. The normalized spacial score (nSPS) is 18.0. The van der Waals surface area contributed by atoms with Crippen LogP contribution in [-0.2, 0) is 34.2 Å². The van der Waals surface area contributed by atoms with Gasteiger partial charge in [-0.3, -0.25) is 0 Å². The molecule has 0 saturated heterocycles. The summed E-state index contributed by atoms with van der Waals surface area (Å²) in [7, 11) is -18.6. The van der Waals surface area contributed by atoms with E-state index in [1.807, 2.05) is 26.2 Å². The van der Waals surface area contributed by atoms with Crippen molar-refractivity contribution in [1.29, 1.82) is 0 Å². The summed E-state index contributed by atoms with van der Waals surface area (Å²) in [6.07, 6.45) is 4.20. The fraction of sp³-hybridized carbons (Fsp3) is 0.875. The Balaban J connectivity index is 6.09. The minimum Gasteiger partial charge on any atom is -0.463 e. The molecule has 9 nitrogen and oxygen atoms in total. The van der Waals surface area contributed by atoms with Crippen LogP contribution < -0.4 is 0 Å². The minimum atomic E-state index is -2.76. The highest BCUT2D eigenvalue weighted by atomic mass is 28.5. The molecular formula is C24H60O9Si7. The van der Waals surface area contributed by atoms with Crippen molar-refractivity contribution < 1.29 is 39.0 Å². The number of rotatable bonds is 21. The van der Waals surface area contributed by atoms with E-state index in [1.165, 1.54) is 6.08 Å². The molecule has 0 aliphatic rings. The minimum absolute atomic E-state index is 0.248. The molecule has 238 valence electrons. The number of carbonyl (C=O) groups is 1. The first-order valence-electron chi connectivity index (χ1n) is 14.6.